The van der Waals surface area contributed by atoms with E-state index in [1.54, 1.807) is 12.1 Å². The molecule has 0 saturated carbocycles. The molecule has 2 heterocycles. The van der Waals surface area contributed by atoms with Crippen LogP contribution in [0.1, 0.15) is 55.4 Å². The lowest BCUT2D eigenvalue weighted by atomic mass is 9.88. The van der Waals surface area contributed by atoms with Crippen LogP contribution in [0.15, 0.2) is 42.5 Å². The molecule has 9 nitrogen and oxygen atoms in total. The van der Waals surface area contributed by atoms with Crippen molar-refractivity contribution >= 4 is 17.7 Å². The molecule has 12 heteroatoms. The fourth-order valence-corrected chi connectivity index (χ4v) is 4.53. The molecule has 0 aromatic heterocycles. The zero-order chi connectivity index (χ0) is 28.2. The topological polar surface area (TPSA) is 126 Å². The maximum atomic E-state index is 13.5. The van der Waals surface area contributed by atoms with Gasteiger partial charge in [0.15, 0.2) is 0 Å². The van der Waals surface area contributed by atoms with E-state index in [2.05, 4.69) is 16.0 Å². The van der Waals surface area contributed by atoms with Crippen LogP contribution in [0.2, 0.25) is 0 Å². The fourth-order valence-electron chi connectivity index (χ4n) is 4.53. The summed E-state index contributed by atoms with van der Waals surface area (Å²) in [6, 6.07) is 8.89. The van der Waals surface area contributed by atoms with Crippen molar-refractivity contribution in [3.8, 4) is 11.5 Å². The summed E-state index contributed by atoms with van der Waals surface area (Å²) in [5.41, 5.74) is -1.41. The summed E-state index contributed by atoms with van der Waals surface area (Å²) in [5.74, 6) is -1.26. The Morgan fingerprint density at radius 2 is 1.87 bits per heavy atom. The van der Waals surface area contributed by atoms with E-state index in [1.165, 1.54) is 25.1 Å². The first-order valence-electron chi connectivity index (χ1n) is 12.6. The molecule has 3 amide bonds. The van der Waals surface area contributed by atoms with E-state index < -0.39 is 47.0 Å². The number of amides is 3. The Kier molecular flexibility index (Phi) is 8.45. The number of hydrogen-bond acceptors (Lipinski definition) is 6. The van der Waals surface area contributed by atoms with Gasteiger partial charge >= 0.3 is 6.18 Å². The predicted octanol–water partition coefficient (Wildman–Crippen LogP) is 3.11. The normalized spacial score (nSPS) is 19.6. The van der Waals surface area contributed by atoms with Crippen LogP contribution in [-0.2, 0) is 31.8 Å². The summed E-state index contributed by atoms with van der Waals surface area (Å²) in [6.07, 6.45) is -4.58. The van der Waals surface area contributed by atoms with Crippen LogP contribution in [-0.4, -0.2) is 47.6 Å². The van der Waals surface area contributed by atoms with Crippen LogP contribution >= 0.6 is 0 Å². The average molecular weight is 550 g/mol. The summed E-state index contributed by atoms with van der Waals surface area (Å²) in [6.45, 7) is 2.05. The van der Waals surface area contributed by atoms with Gasteiger partial charge in [-0.3, -0.25) is 14.4 Å². The highest BCUT2D eigenvalue weighted by molar-refractivity contribution is 5.96. The van der Waals surface area contributed by atoms with Crippen molar-refractivity contribution in [2.45, 2.75) is 63.0 Å². The summed E-state index contributed by atoms with van der Waals surface area (Å²) in [5, 5.41) is 17.9. The van der Waals surface area contributed by atoms with Crippen molar-refractivity contribution in [1.82, 2.24) is 16.0 Å². The summed E-state index contributed by atoms with van der Waals surface area (Å²) >= 11 is 0. The van der Waals surface area contributed by atoms with E-state index in [-0.39, 0.29) is 56.2 Å². The molecular formula is C27H30F3N3O6. The molecule has 0 bridgehead atoms. The zero-order valence-electron chi connectivity index (χ0n) is 21.3. The van der Waals surface area contributed by atoms with E-state index in [1.807, 2.05) is 0 Å². The first-order valence-corrected chi connectivity index (χ1v) is 12.6. The van der Waals surface area contributed by atoms with Gasteiger partial charge in [-0.25, -0.2) is 0 Å². The van der Waals surface area contributed by atoms with Crippen molar-refractivity contribution in [3.05, 3.63) is 59.2 Å². The van der Waals surface area contributed by atoms with Gasteiger partial charge in [-0.15, -0.1) is 0 Å². The second-order valence-electron chi connectivity index (χ2n) is 9.70. The van der Waals surface area contributed by atoms with Crippen LogP contribution in [0.25, 0.3) is 0 Å². The highest BCUT2D eigenvalue weighted by Gasteiger charge is 2.43. The van der Waals surface area contributed by atoms with Gasteiger partial charge < -0.3 is 30.5 Å². The molecule has 4 N–H and O–H groups in total. The molecule has 0 aliphatic carbocycles. The second kappa shape index (κ2) is 11.6. The molecule has 0 spiro atoms. The number of aliphatic hydroxyl groups is 1. The van der Waals surface area contributed by atoms with Gasteiger partial charge in [0.1, 0.15) is 23.1 Å². The molecule has 2 aromatic rings. The van der Waals surface area contributed by atoms with Gasteiger partial charge in [0.05, 0.1) is 11.7 Å². The number of benzene rings is 2. The van der Waals surface area contributed by atoms with E-state index >= 15 is 0 Å². The molecule has 39 heavy (non-hydrogen) atoms. The molecule has 2 fully saturated rings. The number of alkyl halides is 3. The van der Waals surface area contributed by atoms with E-state index in [4.69, 9.17) is 9.47 Å². The molecule has 4 rings (SSSR count). The van der Waals surface area contributed by atoms with Crippen molar-refractivity contribution in [3.63, 3.8) is 0 Å². The van der Waals surface area contributed by atoms with Gasteiger partial charge in [0, 0.05) is 39.0 Å². The van der Waals surface area contributed by atoms with Crippen molar-refractivity contribution < 1.29 is 42.1 Å². The van der Waals surface area contributed by atoms with E-state index in [0.717, 1.165) is 12.1 Å². The highest BCUT2D eigenvalue weighted by Crippen LogP contribution is 2.39. The third-order valence-electron chi connectivity index (χ3n) is 6.85. The van der Waals surface area contributed by atoms with E-state index in [9.17, 15) is 32.7 Å². The van der Waals surface area contributed by atoms with Crippen LogP contribution in [0.3, 0.4) is 0 Å². The lowest BCUT2D eigenvalue weighted by molar-refractivity contribution is -0.138. The maximum Gasteiger partial charge on any atom is 0.419 e. The average Bonchev–Trinajstić information content (AvgIpc) is 3.34. The van der Waals surface area contributed by atoms with Crippen LogP contribution in [0, 0.1) is 0 Å². The Balaban J connectivity index is 1.40. The molecule has 2 unspecified atom stereocenters. The zero-order valence-corrected chi connectivity index (χ0v) is 21.3. The highest BCUT2D eigenvalue weighted by atomic mass is 19.4. The molecule has 2 aliphatic rings. The first kappa shape index (κ1) is 28.4. The lowest BCUT2D eigenvalue weighted by Gasteiger charge is -2.37. The molecule has 2 atom stereocenters. The number of carbonyl (C=O) groups excluding carboxylic acids is 3. The van der Waals surface area contributed by atoms with Crippen LogP contribution < -0.4 is 20.7 Å². The molecular weight excluding hydrogens is 519 g/mol. The van der Waals surface area contributed by atoms with Crippen LogP contribution in [0.4, 0.5) is 13.2 Å². The third-order valence-corrected chi connectivity index (χ3v) is 6.85. The number of aliphatic hydroxyl groups excluding tert-OH is 1. The number of hydrogen-bond donors (Lipinski definition) is 4. The fraction of sp³-hybridized carbons (Fsp3) is 0.444. The first-order chi connectivity index (χ1) is 18.5. The van der Waals surface area contributed by atoms with Gasteiger partial charge in [-0.2, -0.15) is 13.2 Å². The van der Waals surface area contributed by atoms with Gasteiger partial charge in [-0.05, 0) is 48.7 Å². The summed E-state index contributed by atoms with van der Waals surface area (Å²) in [7, 11) is 0. The van der Waals surface area contributed by atoms with Gasteiger partial charge in [-0.1, -0.05) is 18.2 Å². The van der Waals surface area contributed by atoms with Gasteiger partial charge in [0.25, 0.3) is 0 Å². The number of nitrogens with one attached hydrogen (secondary N) is 3. The van der Waals surface area contributed by atoms with E-state index in [0.29, 0.717) is 12.0 Å². The minimum absolute atomic E-state index is 0.106. The maximum absolute atomic E-state index is 13.5. The molecule has 2 aliphatic heterocycles. The number of carbonyl (C=O) groups is 3. The van der Waals surface area contributed by atoms with Crippen LogP contribution in [0.5, 0.6) is 11.5 Å². The summed E-state index contributed by atoms with van der Waals surface area (Å²) < 4.78 is 51.5. The second-order valence-corrected chi connectivity index (χ2v) is 9.70. The van der Waals surface area contributed by atoms with Crippen molar-refractivity contribution in [2.24, 2.45) is 0 Å². The monoisotopic (exact) mass is 549 g/mol. The minimum atomic E-state index is -4.68. The Labute approximate surface area is 223 Å². The largest absolute Gasteiger partial charge is 0.457 e. The molecule has 2 saturated heterocycles. The lowest BCUT2D eigenvalue weighted by Crippen LogP contribution is -2.63. The smallest absolute Gasteiger partial charge is 0.419 e. The number of halogens is 3. The minimum Gasteiger partial charge on any atom is -0.457 e. The Morgan fingerprint density at radius 3 is 2.46 bits per heavy atom. The van der Waals surface area contributed by atoms with Crippen molar-refractivity contribution in [2.75, 3.05) is 13.2 Å². The summed E-state index contributed by atoms with van der Waals surface area (Å²) in [4.78, 5) is 37.4. The molecule has 0 radical (unpaired) electrons. The standard InChI is InChI=1S/C27H30F3N3O6/c1-16(34)18-4-8-22(20(14-18)27(28,29)30)39-19-5-2-17(3-6-19)15-31-25(37)26(10-12-38-13-11-26)33-24(36)21-7-9-23(35)32-21/h2-6,8,14,16,21,34H,7,9-13,15H2,1H3,(H,31,37)(H,32,35)(H,33,36). The third kappa shape index (κ3) is 6.87. The van der Waals surface area contributed by atoms with Crippen molar-refractivity contribution in [1.29, 1.82) is 0 Å². The Hall–Kier alpha value is -3.64. The Bertz CT molecular complexity index is 1210. The predicted molar refractivity (Wildman–Crippen MR) is 133 cm³/mol. The number of ether oxygens (including phenoxy) is 2. The Morgan fingerprint density at radius 1 is 1.18 bits per heavy atom. The molecule has 2 aromatic carbocycles. The number of rotatable bonds is 8. The molecule has 210 valence electrons. The SMILES string of the molecule is CC(O)c1ccc(Oc2ccc(CNC(=O)C3(NC(=O)C4CCC(=O)N4)CCOCC3)cc2)c(C(F)(F)F)c1. The van der Waals surface area contributed by atoms with Gasteiger partial charge in [0.2, 0.25) is 17.7 Å². The quantitative estimate of drug-likeness (QED) is 0.401.